The lowest BCUT2D eigenvalue weighted by atomic mass is 9.80. The molecule has 22 heavy (non-hydrogen) atoms. The van der Waals surface area contributed by atoms with E-state index in [4.69, 9.17) is 5.73 Å². The number of carbonyl (C=O) groups is 1. The van der Waals surface area contributed by atoms with Gasteiger partial charge < -0.3 is 0 Å². The largest absolute Gasteiger partial charge is 0.270 e. The van der Waals surface area contributed by atoms with Crippen molar-refractivity contribution in [1.29, 1.82) is 0 Å². The highest BCUT2D eigenvalue weighted by Gasteiger charge is 2.26. The van der Waals surface area contributed by atoms with E-state index in [1.807, 2.05) is 26.0 Å². The summed E-state index contributed by atoms with van der Waals surface area (Å²) in [5.74, 6) is -0.877. The molecule has 111 valence electrons. The molecule has 1 atom stereocenters. The van der Waals surface area contributed by atoms with Crippen LogP contribution in [0, 0.1) is 11.7 Å². The Balaban J connectivity index is 2.30. The summed E-state index contributed by atoms with van der Waals surface area (Å²) in [5, 5.41) is 0. The van der Waals surface area contributed by atoms with Crippen LogP contribution in [0.3, 0.4) is 0 Å². The maximum atomic E-state index is 14.1. The lowest BCUT2D eigenvalue weighted by Crippen LogP contribution is -2.13. The fourth-order valence-corrected chi connectivity index (χ4v) is 3.12. The molecule has 3 heteroatoms. The summed E-state index contributed by atoms with van der Waals surface area (Å²) in [6, 6.07) is 3.13. The van der Waals surface area contributed by atoms with Crippen molar-refractivity contribution in [3.8, 4) is 0 Å². The molecule has 3 rings (SSSR count). The molecule has 1 aromatic carbocycles. The van der Waals surface area contributed by atoms with E-state index in [2.05, 4.69) is 6.58 Å². The number of allylic oxidation sites excluding steroid dienone is 4. The molecule has 0 heterocycles. The molecule has 0 saturated heterocycles. The average molecular weight is 294 g/mol. The number of nitrogens with one attached hydrogen (secondary N) is 1. The summed E-state index contributed by atoms with van der Waals surface area (Å²) in [4.78, 5) is 11.7. The normalized spacial score (nSPS) is 20.2. The molecule has 0 aliphatic heterocycles. The summed E-state index contributed by atoms with van der Waals surface area (Å²) in [7, 11) is 0. The second-order valence-corrected chi connectivity index (χ2v) is 5.95. The molecule has 2 nitrogen and oxygen atoms in total. The van der Waals surface area contributed by atoms with Crippen LogP contribution in [0.2, 0.25) is 0 Å². The van der Waals surface area contributed by atoms with Gasteiger partial charge in [0.2, 0.25) is 0 Å². The van der Waals surface area contributed by atoms with Crippen LogP contribution in [-0.4, -0.2) is 5.91 Å². The number of hydrogen-bond donors (Lipinski definition) is 0. The minimum Gasteiger partial charge on any atom is -0.267 e. The molecule has 1 aromatic rings. The minimum atomic E-state index is -0.740. The van der Waals surface area contributed by atoms with Gasteiger partial charge in [-0.1, -0.05) is 43.4 Å². The highest BCUT2D eigenvalue weighted by Crippen LogP contribution is 2.41. The SMILES string of the molecule is C=C1C(c2ccc(F)c3c2C=C(C)C3)=C(C([NH])=O)C=CC1C. The fourth-order valence-electron chi connectivity index (χ4n) is 3.12. The predicted octanol–water partition coefficient (Wildman–Crippen LogP) is 4.11. The van der Waals surface area contributed by atoms with Gasteiger partial charge in [-0.2, -0.15) is 0 Å². The van der Waals surface area contributed by atoms with Crippen LogP contribution in [-0.2, 0) is 11.2 Å². The number of amides is 1. The third-order valence-electron chi connectivity index (χ3n) is 4.35. The zero-order valence-corrected chi connectivity index (χ0v) is 12.7. The highest BCUT2D eigenvalue weighted by molar-refractivity contribution is 6.07. The first-order valence-electron chi connectivity index (χ1n) is 7.26. The van der Waals surface area contributed by atoms with Gasteiger partial charge in [-0.15, -0.1) is 0 Å². The summed E-state index contributed by atoms with van der Waals surface area (Å²) >= 11 is 0. The maximum absolute atomic E-state index is 14.1. The van der Waals surface area contributed by atoms with E-state index in [0.717, 1.165) is 22.3 Å². The van der Waals surface area contributed by atoms with Crippen molar-refractivity contribution in [3.63, 3.8) is 0 Å². The zero-order valence-electron chi connectivity index (χ0n) is 12.7. The van der Waals surface area contributed by atoms with Crippen molar-refractivity contribution in [1.82, 2.24) is 5.73 Å². The van der Waals surface area contributed by atoms with Gasteiger partial charge in [-0.05, 0) is 53.2 Å². The molecule has 0 aromatic heterocycles. The van der Waals surface area contributed by atoms with Crippen molar-refractivity contribution in [2.75, 3.05) is 0 Å². The summed E-state index contributed by atoms with van der Waals surface area (Å²) < 4.78 is 14.1. The maximum Gasteiger partial charge on any atom is 0.270 e. The van der Waals surface area contributed by atoms with E-state index < -0.39 is 5.91 Å². The number of fused-ring (bicyclic) bond motifs is 1. The molecule has 2 aliphatic carbocycles. The predicted molar refractivity (Wildman–Crippen MR) is 86.2 cm³/mol. The highest BCUT2D eigenvalue weighted by atomic mass is 19.1. The smallest absolute Gasteiger partial charge is 0.267 e. The van der Waals surface area contributed by atoms with Gasteiger partial charge in [0, 0.05) is 5.57 Å². The van der Waals surface area contributed by atoms with Crippen LogP contribution in [0.1, 0.15) is 30.5 Å². The van der Waals surface area contributed by atoms with E-state index in [0.29, 0.717) is 23.1 Å². The lowest BCUT2D eigenvalue weighted by molar-refractivity contribution is -0.114. The van der Waals surface area contributed by atoms with E-state index >= 15 is 0 Å². The summed E-state index contributed by atoms with van der Waals surface area (Å²) in [6.07, 6.45) is 6.11. The number of halogens is 1. The Labute approximate surface area is 129 Å². The van der Waals surface area contributed by atoms with E-state index in [1.165, 1.54) is 6.07 Å². The van der Waals surface area contributed by atoms with Crippen LogP contribution < -0.4 is 5.73 Å². The molecular weight excluding hydrogens is 277 g/mol. The van der Waals surface area contributed by atoms with Crippen molar-refractivity contribution in [3.05, 3.63) is 70.1 Å². The first-order chi connectivity index (χ1) is 10.4. The summed E-state index contributed by atoms with van der Waals surface area (Å²) in [5.41, 5.74) is 12.7. The summed E-state index contributed by atoms with van der Waals surface area (Å²) in [6.45, 7) is 8.05. The van der Waals surface area contributed by atoms with E-state index in [9.17, 15) is 9.18 Å². The topological polar surface area (TPSA) is 40.9 Å². The van der Waals surface area contributed by atoms with Gasteiger partial charge >= 0.3 is 0 Å². The van der Waals surface area contributed by atoms with Crippen molar-refractivity contribution >= 4 is 17.6 Å². The molecule has 2 aliphatic rings. The molecule has 1 amide bonds. The molecule has 0 spiro atoms. The minimum absolute atomic E-state index is 0.0882. The second kappa shape index (κ2) is 5.09. The Morgan fingerprint density at radius 2 is 2.14 bits per heavy atom. The molecule has 0 fully saturated rings. The average Bonchev–Trinajstić information content (AvgIpc) is 2.85. The molecule has 1 N–H and O–H groups in total. The van der Waals surface area contributed by atoms with E-state index in [-0.39, 0.29) is 11.7 Å². The Morgan fingerprint density at radius 3 is 2.82 bits per heavy atom. The molecule has 1 unspecified atom stereocenters. The van der Waals surface area contributed by atoms with Crippen LogP contribution in [0.25, 0.3) is 11.6 Å². The Hall–Kier alpha value is -2.42. The van der Waals surface area contributed by atoms with Crippen molar-refractivity contribution in [2.45, 2.75) is 20.3 Å². The Morgan fingerprint density at radius 1 is 1.41 bits per heavy atom. The second-order valence-electron chi connectivity index (χ2n) is 5.95. The first kappa shape index (κ1) is 14.5. The van der Waals surface area contributed by atoms with E-state index in [1.54, 1.807) is 12.1 Å². The molecule has 1 radical (unpaired) electrons. The monoisotopic (exact) mass is 294 g/mol. The number of carbonyl (C=O) groups excluding carboxylic acids is 1. The van der Waals surface area contributed by atoms with Gasteiger partial charge in [0.05, 0.1) is 0 Å². The fraction of sp³-hybridized carbons (Fsp3) is 0.211. The number of hydrogen-bond acceptors (Lipinski definition) is 1. The molecule has 0 bridgehead atoms. The Bertz CT molecular complexity index is 796. The molecular formula is C19H17FNO. The number of rotatable bonds is 2. The van der Waals surface area contributed by atoms with Gasteiger partial charge in [0.25, 0.3) is 5.91 Å². The molecule has 0 saturated carbocycles. The van der Waals surface area contributed by atoms with Crippen molar-refractivity contribution < 1.29 is 9.18 Å². The zero-order chi connectivity index (χ0) is 16.0. The quantitative estimate of drug-likeness (QED) is 0.809. The standard InChI is InChI=1S/C19H17FNO/c1-10-8-15-13(6-7-17(20)16(15)9-10)18-12(3)11(2)4-5-14(18)19(21)22/h4-8,11,21H,3,9H2,1-2H3. The number of benzene rings is 1. The Kier molecular flexibility index (Phi) is 3.36. The van der Waals surface area contributed by atoms with Crippen LogP contribution in [0.4, 0.5) is 4.39 Å². The third-order valence-corrected chi connectivity index (χ3v) is 4.35. The first-order valence-corrected chi connectivity index (χ1v) is 7.26. The lowest BCUT2D eigenvalue weighted by Gasteiger charge is -2.23. The van der Waals surface area contributed by atoms with Gasteiger partial charge in [0.1, 0.15) is 5.82 Å². The van der Waals surface area contributed by atoms with Gasteiger partial charge in [0.15, 0.2) is 0 Å². The van der Waals surface area contributed by atoms with Crippen molar-refractivity contribution in [2.24, 2.45) is 5.92 Å². The van der Waals surface area contributed by atoms with Gasteiger partial charge in [-0.25, -0.2) is 4.39 Å². The van der Waals surface area contributed by atoms with Gasteiger partial charge in [-0.3, -0.25) is 10.5 Å². The van der Waals surface area contributed by atoms with Crippen LogP contribution in [0.5, 0.6) is 0 Å². The van der Waals surface area contributed by atoms with Crippen LogP contribution >= 0.6 is 0 Å². The third kappa shape index (κ3) is 2.13. The van der Waals surface area contributed by atoms with Crippen LogP contribution in [0.15, 0.2) is 47.6 Å².